The minimum absolute atomic E-state index is 0.299. The van der Waals surface area contributed by atoms with Gasteiger partial charge < -0.3 is 5.11 Å². The molecule has 0 bridgehead atoms. The average molecular weight is 221 g/mol. The Morgan fingerprint density at radius 3 is 2.79 bits per heavy atom. The second-order valence-electron chi connectivity index (χ2n) is 2.61. The molecule has 0 aliphatic heterocycles. The summed E-state index contributed by atoms with van der Waals surface area (Å²) in [6, 6.07) is 0. The first-order valence-electron chi connectivity index (χ1n) is 4.37. The van der Waals surface area contributed by atoms with Crippen LogP contribution in [0.2, 0.25) is 0 Å². The molecule has 6 heteroatoms. The summed E-state index contributed by atoms with van der Waals surface area (Å²) in [6.45, 7) is 1.57. The molecule has 2 N–H and O–H groups in total. The zero-order chi connectivity index (χ0) is 10.8. The molecule has 0 saturated heterocycles. The molecule has 0 aliphatic carbocycles. The van der Waals surface area contributed by atoms with Crippen LogP contribution in [0, 0.1) is 0 Å². The zero-order valence-electron chi connectivity index (χ0n) is 8.12. The monoisotopic (exact) mass is 221 g/mol. The summed E-state index contributed by atoms with van der Waals surface area (Å²) < 4.78 is 0. The Bertz CT molecular complexity index is 186. The van der Waals surface area contributed by atoms with Crippen molar-refractivity contribution in [3.63, 3.8) is 0 Å². The minimum atomic E-state index is -1.11. The van der Waals surface area contributed by atoms with Crippen molar-refractivity contribution in [3.05, 3.63) is 0 Å². The molecule has 0 rings (SSSR count). The van der Waals surface area contributed by atoms with Crippen molar-refractivity contribution in [1.29, 1.82) is 0 Å². The largest absolute Gasteiger partial charge is 0.479 e. The van der Waals surface area contributed by atoms with Crippen LogP contribution in [0.15, 0.2) is 0 Å². The number of amides is 1. The fraction of sp³-hybridized carbons (Fsp3) is 0.750. The van der Waals surface area contributed by atoms with Crippen LogP contribution in [0.4, 0.5) is 0 Å². The van der Waals surface area contributed by atoms with E-state index in [2.05, 4.69) is 17.2 Å². The summed E-state index contributed by atoms with van der Waals surface area (Å²) >= 11 is 1.51. The molecular formula is C8H15NO4S. The molecule has 82 valence electrons. The Morgan fingerprint density at radius 1 is 1.50 bits per heavy atom. The molecule has 0 heterocycles. The Morgan fingerprint density at radius 2 is 2.21 bits per heavy atom. The van der Waals surface area contributed by atoms with E-state index in [-0.39, 0.29) is 5.91 Å². The number of aliphatic carboxylic acids is 1. The number of carbonyl (C=O) groups is 2. The lowest BCUT2D eigenvalue weighted by Gasteiger charge is -2.02. The highest BCUT2D eigenvalue weighted by molar-refractivity contribution is 7.99. The number of thioether (sulfide) groups is 1. The maximum Gasteiger partial charge on any atom is 0.332 e. The lowest BCUT2D eigenvalue weighted by Crippen LogP contribution is -2.28. The predicted molar refractivity (Wildman–Crippen MR) is 54.0 cm³/mol. The third kappa shape index (κ3) is 9.34. The van der Waals surface area contributed by atoms with Crippen molar-refractivity contribution in [1.82, 2.24) is 5.48 Å². The van der Waals surface area contributed by atoms with Crippen molar-refractivity contribution in [2.45, 2.75) is 19.8 Å². The van der Waals surface area contributed by atoms with Gasteiger partial charge >= 0.3 is 5.97 Å². The molecule has 0 saturated carbocycles. The number of hydrogen-bond donors (Lipinski definition) is 2. The van der Waals surface area contributed by atoms with Gasteiger partial charge in [-0.05, 0) is 12.2 Å². The molecule has 1 amide bonds. The molecule has 14 heavy (non-hydrogen) atoms. The highest BCUT2D eigenvalue weighted by atomic mass is 32.2. The summed E-state index contributed by atoms with van der Waals surface area (Å²) in [6.07, 6.45) is 2.18. The van der Waals surface area contributed by atoms with E-state index in [9.17, 15) is 9.59 Å². The number of carboxylic acid groups (broad SMARTS) is 1. The highest BCUT2D eigenvalue weighted by Gasteiger charge is 2.02. The first-order chi connectivity index (χ1) is 6.66. The summed E-state index contributed by atoms with van der Waals surface area (Å²) in [5.41, 5.74) is 2.05. The predicted octanol–water partition coefficient (Wildman–Crippen LogP) is 0.652. The van der Waals surface area contributed by atoms with Crippen LogP contribution in [0.5, 0.6) is 0 Å². The number of rotatable bonds is 8. The standard InChI is InChI=1S/C8H15NO4S/c1-2-3-4-14-6-7(10)9-13-5-8(11)12/h2-6H2,1H3,(H,9,10)(H,11,12). The fourth-order valence-electron chi connectivity index (χ4n) is 0.619. The van der Waals surface area contributed by atoms with E-state index in [4.69, 9.17) is 5.11 Å². The number of hydroxylamine groups is 1. The number of carbonyl (C=O) groups excluding carboxylic acids is 1. The summed E-state index contributed by atoms with van der Waals surface area (Å²) in [7, 11) is 0. The van der Waals surface area contributed by atoms with E-state index in [1.165, 1.54) is 11.8 Å². The molecule has 0 atom stereocenters. The van der Waals surface area contributed by atoms with E-state index in [0.717, 1.165) is 18.6 Å². The summed E-state index contributed by atoms with van der Waals surface area (Å²) in [5, 5.41) is 8.19. The first-order valence-corrected chi connectivity index (χ1v) is 5.52. The van der Waals surface area contributed by atoms with Gasteiger partial charge in [-0.3, -0.25) is 9.63 Å². The Kier molecular flexibility index (Phi) is 8.36. The third-order valence-corrected chi connectivity index (χ3v) is 2.30. The van der Waals surface area contributed by atoms with Gasteiger partial charge in [-0.1, -0.05) is 13.3 Å². The van der Waals surface area contributed by atoms with Gasteiger partial charge in [-0.2, -0.15) is 11.8 Å². The molecule has 0 spiro atoms. The van der Waals surface area contributed by atoms with E-state index in [1.807, 2.05) is 0 Å². The minimum Gasteiger partial charge on any atom is -0.479 e. The molecule has 0 aromatic carbocycles. The van der Waals surface area contributed by atoms with E-state index in [1.54, 1.807) is 0 Å². The van der Waals surface area contributed by atoms with Crippen LogP contribution in [0.25, 0.3) is 0 Å². The van der Waals surface area contributed by atoms with Crippen LogP contribution >= 0.6 is 11.8 Å². The lowest BCUT2D eigenvalue weighted by atomic mass is 10.4. The molecular weight excluding hydrogens is 206 g/mol. The molecule has 0 aliphatic rings. The average Bonchev–Trinajstić information content (AvgIpc) is 2.12. The Hall–Kier alpha value is -0.750. The van der Waals surface area contributed by atoms with Crippen LogP contribution in [0.3, 0.4) is 0 Å². The van der Waals surface area contributed by atoms with Gasteiger partial charge in [-0.25, -0.2) is 10.3 Å². The van der Waals surface area contributed by atoms with Crippen molar-refractivity contribution < 1.29 is 19.5 Å². The van der Waals surface area contributed by atoms with Gasteiger partial charge in [0.15, 0.2) is 6.61 Å². The Labute approximate surface area is 87.2 Å². The summed E-state index contributed by atoms with van der Waals surface area (Å²) in [4.78, 5) is 25.3. The van der Waals surface area contributed by atoms with E-state index >= 15 is 0 Å². The van der Waals surface area contributed by atoms with Gasteiger partial charge in [0.05, 0.1) is 5.75 Å². The highest BCUT2D eigenvalue weighted by Crippen LogP contribution is 2.03. The van der Waals surface area contributed by atoms with Crippen molar-refractivity contribution >= 4 is 23.6 Å². The number of nitrogens with one attached hydrogen (secondary N) is 1. The van der Waals surface area contributed by atoms with Crippen LogP contribution in [-0.4, -0.2) is 35.1 Å². The number of unbranched alkanes of at least 4 members (excludes halogenated alkanes) is 1. The van der Waals surface area contributed by atoms with E-state index < -0.39 is 12.6 Å². The van der Waals surface area contributed by atoms with Crippen molar-refractivity contribution in [2.24, 2.45) is 0 Å². The molecule has 0 aromatic rings. The third-order valence-electron chi connectivity index (χ3n) is 1.26. The maximum absolute atomic E-state index is 10.9. The topological polar surface area (TPSA) is 75.6 Å². The van der Waals surface area contributed by atoms with Crippen molar-refractivity contribution in [2.75, 3.05) is 18.1 Å². The molecule has 0 radical (unpaired) electrons. The SMILES string of the molecule is CCCCSCC(=O)NOCC(=O)O. The van der Waals surface area contributed by atoms with Crippen LogP contribution in [-0.2, 0) is 14.4 Å². The molecule has 0 aromatic heterocycles. The smallest absolute Gasteiger partial charge is 0.332 e. The zero-order valence-corrected chi connectivity index (χ0v) is 8.93. The number of carboxylic acids is 1. The molecule has 0 unspecified atom stereocenters. The first kappa shape index (κ1) is 13.2. The summed E-state index contributed by atoms with van der Waals surface area (Å²) in [5.74, 6) is -0.168. The second kappa shape index (κ2) is 8.83. The maximum atomic E-state index is 10.9. The van der Waals surface area contributed by atoms with Crippen molar-refractivity contribution in [3.8, 4) is 0 Å². The van der Waals surface area contributed by atoms with Gasteiger partial charge in [-0.15, -0.1) is 0 Å². The van der Waals surface area contributed by atoms with Gasteiger partial charge in [0.1, 0.15) is 0 Å². The molecule has 5 nitrogen and oxygen atoms in total. The van der Waals surface area contributed by atoms with Gasteiger partial charge in [0, 0.05) is 0 Å². The van der Waals surface area contributed by atoms with Gasteiger partial charge in [0.25, 0.3) is 5.91 Å². The van der Waals surface area contributed by atoms with Crippen LogP contribution < -0.4 is 5.48 Å². The van der Waals surface area contributed by atoms with Crippen LogP contribution in [0.1, 0.15) is 19.8 Å². The number of hydrogen-bond acceptors (Lipinski definition) is 4. The van der Waals surface area contributed by atoms with E-state index in [0.29, 0.717) is 5.75 Å². The second-order valence-corrected chi connectivity index (χ2v) is 3.72. The Balaban J connectivity index is 3.24. The quantitative estimate of drug-likeness (QED) is 0.465. The normalized spacial score (nSPS) is 9.79. The van der Waals surface area contributed by atoms with Gasteiger partial charge in [0.2, 0.25) is 0 Å². The fourth-order valence-corrected chi connectivity index (χ4v) is 1.50. The molecule has 0 fully saturated rings. The lowest BCUT2D eigenvalue weighted by molar-refractivity contribution is -0.148.